The number of benzene rings is 1. The third kappa shape index (κ3) is 2.89. The van der Waals surface area contributed by atoms with Crippen LogP contribution in [0.2, 0.25) is 0 Å². The topological polar surface area (TPSA) is 47.6 Å². The van der Waals surface area contributed by atoms with Gasteiger partial charge in [0.05, 0.1) is 13.7 Å². The van der Waals surface area contributed by atoms with Crippen LogP contribution < -0.4 is 10.1 Å². The van der Waals surface area contributed by atoms with E-state index in [0.717, 1.165) is 24.3 Å². The highest BCUT2D eigenvalue weighted by Crippen LogP contribution is 2.44. The number of anilines is 1. The van der Waals surface area contributed by atoms with Gasteiger partial charge in [0.1, 0.15) is 11.3 Å². The van der Waals surface area contributed by atoms with Crippen LogP contribution in [0, 0.1) is 5.92 Å². The number of nitrogens with one attached hydrogen (secondary N) is 1. The van der Waals surface area contributed by atoms with Gasteiger partial charge in [-0.05, 0) is 44.2 Å². The van der Waals surface area contributed by atoms with E-state index in [1.54, 1.807) is 7.11 Å². The summed E-state index contributed by atoms with van der Waals surface area (Å²) in [7, 11) is 1.64. The molecule has 0 aromatic heterocycles. The van der Waals surface area contributed by atoms with Crippen molar-refractivity contribution < 1.29 is 14.3 Å². The maximum atomic E-state index is 12.4. The summed E-state index contributed by atoms with van der Waals surface area (Å²) in [5.41, 5.74) is 0.286. The lowest BCUT2D eigenvalue weighted by Gasteiger charge is -2.32. The second-order valence-electron chi connectivity index (χ2n) is 5.18. The number of esters is 1. The number of hydrogen-bond acceptors (Lipinski definition) is 4. The lowest BCUT2D eigenvalue weighted by Crippen LogP contribution is -2.49. The molecule has 1 N–H and O–H groups in total. The molecule has 0 saturated heterocycles. The second kappa shape index (κ2) is 6.16. The van der Waals surface area contributed by atoms with Crippen LogP contribution in [0.5, 0.6) is 5.75 Å². The molecule has 1 aliphatic carbocycles. The van der Waals surface area contributed by atoms with Crippen LogP contribution in [0.3, 0.4) is 0 Å². The summed E-state index contributed by atoms with van der Waals surface area (Å²) >= 11 is 0. The molecule has 1 aromatic rings. The molecule has 0 spiro atoms. The van der Waals surface area contributed by atoms with Gasteiger partial charge < -0.3 is 14.8 Å². The van der Waals surface area contributed by atoms with Crippen molar-refractivity contribution in [2.45, 2.75) is 38.6 Å². The fourth-order valence-electron chi connectivity index (χ4n) is 2.64. The maximum Gasteiger partial charge on any atom is 0.332 e. The first-order chi connectivity index (χ1) is 9.66. The predicted octanol–water partition coefficient (Wildman–Crippen LogP) is 3.23. The number of ether oxygens (including phenoxy) is 2. The summed E-state index contributed by atoms with van der Waals surface area (Å²) in [6.45, 7) is 4.28. The zero-order valence-electron chi connectivity index (χ0n) is 12.4. The molecule has 1 aromatic carbocycles. The van der Waals surface area contributed by atoms with E-state index >= 15 is 0 Å². The van der Waals surface area contributed by atoms with Gasteiger partial charge in [-0.3, -0.25) is 0 Å². The van der Waals surface area contributed by atoms with Gasteiger partial charge in [0.25, 0.3) is 0 Å². The second-order valence-corrected chi connectivity index (χ2v) is 5.18. The van der Waals surface area contributed by atoms with Crippen molar-refractivity contribution >= 4 is 11.7 Å². The van der Waals surface area contributed by atoms with Gasteiger partial charge in [0.15, 0.2) is 0 Å². The monoisotopic (exact) mass is 277 g/mol. The molecule has 0 amide bonds. The lowest BCUT2D eigenvalue weighted by molar-refractivity contribution is -0.149. The summed E-state index contributed by atoms with van der Waals surface area (Å²) < 4.78 is 10.5. The Labute approximate surface area is 120 Å². The largest absolute Gasteiger partial charge is 0.497 e. The Hall–Kier alpha value is -1.71. The first-order valence-electron chi connectivity index (χ1n) is 7.25. The zero-order chi connectivity index (χ0) is 14.6. The molecule has 1 saturated carbocycles. The molecule has 4 nitrogen and oxygen atoms in total. The van der Waals surface area contributed by atoms with Crippen molar-refractivity contribution in [2.24, 2.45) is 5.92 Å². The fourth-order valence-corrected chi connectivity index (χ4v) is 2.64. The molecule has 2 rings (SSSR count). The van der Waals surface area contributed by atoms with Crippen molar-refractivity contribution in [2.75, 3.05) is 19.0 Å². The standard InChI is InChI=1S/C16H23NO3/c1-4-16(12-9-10-12,15(18)20-5-2)17-13-7-6-8-14(11-13)19-3/h6-8,11-12,17H,4-5,9-10H2,1-3H3. The number of methoxy groups -OCH3 is 1. The Morgan fingerprint density at radius 2 is 2.15 bits per heavy atom. The lowest BCUT2D eigenvalue weighted by atomic mass is 9.89. The van der Waals surface area contributed by atoms with Gasteiger partial charge in [0, 0.05) is 11.8 Å². The quantitative estimate of drug-likeness (QED) is 0.777. The summed E-state index contributed by atoms with van der Waals surface area (Å²) in [4.78, 5) is 12.4. The van der Waals surface area contributed by atoms with Gasteiger partial charge in [-0.15, -0.1) is 0 Å². The molecule has 0 radical (unpaired) electrons. The van der Waals surface area contributed by atoms with Crippen LogP contribution in [0.25, 0.3) is 0 Å². The third-order valence-corrected chi connectivity index (χ3v) is 3.91. The average molecular weight is 277 g/mol. The molecule has 1 fully saturated rings. The molecule has 1 unspecified atom stereocenters. The van der Waals surface area contributed by atoms with E-state index < -0.39 is 5.54 Å². The molecule has 1 atom stereocenters. The number of carbonyl (C=O) groups is 1. The Kier molecular flexibility index (Phi) is 4.53. The SMILES string of the molecule is CCOC(=O)C(CC)(Nc1cccc(OC)c1)C1CC1. The van der Waals surface area contributed by atoms with Gasteiger partial charge in [0.2, 0.25) is 0 Å². The first-order valence-corrected chi connectivity index (χ1v) is 7.25. The normalized spacial score (nSPS) is 17.1. The van der Waals surface area contributed by atoms with Crippen LogP contribution in [0.15, 0.2) is 24.3 Å². The van der Waals surface area contributed by atoms with Crippen molar-refractivity contribution in [3.8, 4) is 5.75 Å². The van der Waals surface area contributed by atoms with Crippen molar-refractivity contribution in [3.63, 3.8) is 0 Å². The van der Waals surface area contributed by atoms with Crippen LogP contribution in [0.4, 0.5) is 5.69 Å². The van der Waals surface area contributed by atoms with E-state index in [0.29, 0.717) is 18.9 Å². The van der Waals surface area contributed by atoms with Crippen LogP contribution in [-0.2, 0) is 9.53 Å². The van der Waals surface area contributed by atoms with Crippen LogP contribution in [0.1, 0.15) is 33.1 Å². The van der Waals surface area contributed by atoms with Gasteiger partial charge in [-0.1, -0.05) is 13.0 Å². The van der Waals surface area contributed by atoms with Gasteiger partial charge >= 0.3 is 5.97 Å². The summed E-state index contributed by atoms with van der Waals surface area (Å²) in [6.07, 6.45) is 2.86. The van der Waals surface area contributed by atoms with E-state index in [4.69, 9.17) is 9.47 Å². The molecule has 0 heterocycles. The summed E-state index contributed by atoms with van der Waals surface area (Å²) in [6, 6.07) is 7.67. The Bertz CT molecular complexity index is 471. The minimum absolute atomic E-state index is 0.146. The fraction of sp³-hybridized carbons (Fsp3) is 0.562. The van der Waals surface area contributed by atoms with Gasteiger partial charge in [-0.25, -0.2) is 4.79 Å². The Balaban J connectivity index is 2.24. The van der Waals surface area contributed by atoms with Crippen molar-refractivity contribution in [1.82, 2.24) is 0 Å². The van der Waals surface area contributed by atoms with Gasteiger partial charge in [-0.2, -0.15) is 0 Å². The molecule has 110 valence electrons. The van der Waals surface area contributed by atoms with Crippen molar-refractivity contribution in [1.29, 1.82) is 0 Å². The van der Waals surface area contributed by atoms with Crippen molar-refractivity contribution in [3.05, 3.63) is 24.3 Å². The summed E-state index contributed by atoms with van der Waals surface area (Å²) in [5.74, 6) is 0.991. The van der Waals surface area contributed by atoms with Crippen LogP contribution >= 0.6 is 0 Å². The minimum Gasteiger partial charge on any atom is -0.497 e. The summed E-state index contributed by atoms with van der Waals surface area (Å²) in [5, 5.41) is 3.41. The minimum atomic E-state index is -0.609. The molecular formula is C16H23NO3. The number of carbonyl (C=O) groups excluding carboxylic acids is 1. The molecule has 4 heteroatoms. The highest BCUT2D eigenvalue weighted by atomic mass is 16.5. The Morgan fingerprint density at radius 1 is 1.40 bits per heavy atom. The zero-order valence-corrected chi connectivity index (χ0v) is 12.4. The van der Waals surface area contributed by atoms with E-state index in [2.05, 4.69) is 5.32 Å². The predicted molar refractivity (Wildman–Crippen MR) is 79.0 cm³/mol. The van der Waals surface area contributed by atoms with E-state index in [1.165, 1.54) is 0 Å². The molecule has 1 aliphatic rings. The third-order valence-electron chi connectivity index (χ3n) is 3.91. The van der Waals surface area contributed by atoms with E-state index in [-0.39, 0.29) is 5.97 Å². The number of rotatable bonds is 7. The smallest absolute Gasteiger partial charge is 0.332 e. The van der Waals surface area contributed by atoms with E-state index in [9.17, 15) is 4.79 Å². The number of hydrogen-bond donors (Lipinski definition) is 1. The highest BCUT2D eigenvalue weighted by molar-refractivity contribution is 5.85. The molecular weight excluding hydrogens is 254 g/mol. The molecule has 0 bridgehead atoms. The Morgan fingerprint density at radius 3 is 2.70 bits per heavy atom. The van der Waals surface area contributed by atoms with E-state index in [1.807, 2.05) is 38.1 Å². The maximum absolute atomic E-state index is 12.4. The first kappa shape index (κ1) is 14.7. The molecule has 20 heavy (non-hydrogen) atoms. The highest BCUT2D eigenvalue weighted by Gasteiger charge is 2.50. The average Bonchev–Trinajstić information content (AvgIpc) is 3.30. The molecule has 0 aliphatic heterocycles. The van der Waals surface area contributed by atoms with Crippen LogP contribution in [-0.4, -0.2) is 25.2 Å².